The van der Waals surface area contributed by atoms with E-state index in [1.165, 1.54) is 6.07 Å². The second-order valence-corrected chi connectivity index (χ2v) is 3.03. The Bertz CT molecular complexity index is 436. The van der Waals surface area contributed by atoms with Crippen LogP contribution < -0.4 is 0 Å². The van der Waals surface area contributed by atoms with Crippen molar-refractivity contribution in [1.82, 2.24) is 10.2 Å². The summed E-state index contributed by atoms with van der Waals surface area (Å²) in [4.78, 5) is 0. The molecule has 0 aliphatic heterocycles. The molecule has 0 saturated carbocycles. The van der Waals surface area contributed by atoms with Crippen LogP contribution in [0, 0.1) is 12.7 Å². The Morgan fingerprint density at radius 2 is 2.25 bits per heavy atom. The summed E-state index contributed by atoms with van der Waals surface area (Å²) < 4.78 is 13.0. The van der Waals surface area contributed by atoms with E-state index in [0.29, 0.717) is 16.2 Å². The molecule has 0 fully saturated rings. The van der Waals surface area contributed by atoms with E-state index in [9.17, 15) is 4.39 Å². The van der Waals surface area contributed by atoms with Crippen LogP contribution in [-0.2, 0) is 0 Å². The van der Waals surface area contributed by atoms with E-state index in [-0.39, 0.29) is 5.82 Å². The van der Waals surface area contributed by atoms with E-state index in [2.05, 4.69) is 10.2 Å². The van der Waals surface area contributed by atoms with Crippen molar-refractivity contribution in [3.8, 4) is 0 Å². The summed E-state index contributed by atoms with van der Waals surface area (Å²) in [7, 11) is 0. The van der Waals surface area contributed by atoms with Crippen LogP contribution in [0.2, 0.25) is 5.15 Å². The third-order valence-electron chi connectivity index (χ3n) is 1.79. The van der Waals surface area contributed by atoms with E-state index in [1.807, 2.05) is 0 Å². The first-order chi connectivity index (χ1) is 5.68. The number of halogens is 2. The Balaban J connectivity index is 2.87. The van der Waals surface area contributed by atoms with Crippen LogP contribution in [0.1, 0.15) is 5.56 Å². The van der Waals surface area contributed by atoms with Crippen molar-refractivity contribution in [2.45, 2.75) is 6.92 Å². The van der Waals surface area contributed by atoms with Crippen LogP contribution in [-0.4, -0.2) is 10.2 Å². The molecule has 1 heterocycles. The minimum absolute atomic E-state index is 0.259. The second-order valence-electron chi connectivity index (χ2n) is 2.66. The smallest absolute Gasteiger partial charge is 0.132 e. The number of hydrogen-bond acceptors (Lipinski definition) is 1. The topological polar surface area (TPSA) is 28.7 Å². The Morgan fingerprint density at radius 1 is 1.50 bits per heavy atom. The Labute approximate surface area is 73.3 Å². The number of nitrogens with zero attached hydrogens (tertiary/aromatic N) is 1. The van der Waals surface area contributed by atoms with Crippen LogP contribution in [0.25, 0.3) is 10.9 Å². The largest absolute Gasteiger partial charge is 0.266 e. The highest BCUT2D eigenvalue weighted by atomic mass is 35.5. The lowest BCUT2D eigenvalue weighted by Gasteiger charge is -1.94. The molecule has 1 N–H and O–H groups in total. The first-order valence-electron chi connectivity index (χ1n) is 3.48. The summed E-state index contributed by atoms with van der Waals surface area (Å²) >= 11 is 5.76. The molecule has 2 aromatic rings. The average Bonchev–Trinajstić information content (AvgIpc) is 2.35. The van der Waals surface area contributed by atoms with Gasteiger partial charge in [-0.2, -0.15) is 5.10 Å². The van der Waals surface area contributed by atoms with Gasteiger partial charge in [0.05, 0.1) is 5.52 Å². The van der Waals surface area contributed by atoms with Gasteiger partial charge >= 0.3 is 0 Å². The zero-order valence-electron chi connectivity index (χ0n) is 6.36. The standard InChI is InChI=1S/C8H6ClFN2/c1-4-2-5-7(3-6(4)10)11-12-8(5)9/h2-3H,1H3,(H,11,12). The van der Waals surface area contributed by atoms with Crippen molar-refractivity contribution < 1.29 is 4.39 Å². The molecule has 62 valence electrons. The van der Waals surface area contributed by atoms with E-state index in [4.69, 9.17) is 11.6 Å². The van der Waals surface area contributed by atoms with Gasteiger partial charge in [-0.1, -0.05) is 11.6 Å². The summed E-state index contributed by atoms with van der Waals surface area (Å²) in [5.74, 6) is -0.259. The lowest BCUT2D eigenvalue weighted by molar-refractivity contribution is 0.620. The monoisotopic (exact) mass is 184 g/mol. The molecule has 0 atom stereocenters. The molecule has 2 rings (SSSR count). The number of aromatic amines is 1. The molecule has 0 aliphatic carbocycles. The van der Waals surface area contributed by atoms with Gasteiger partial charge in [0, 0.05) is 11.5 Å². The zero-order valence-corrected chi connectivity index (χ0v) is 7.11. The maximum atomic E-state index is 13.0. The molecule has 1 aromatic heterocycles. The van der Waals surface area contributed by atoms with Gasteiger partial charge < -0.3 is 0 Å². The first kappa shape index (κ1) is 7.55. The Hall–Kier alpha value is -1.09. The molecule has 0 spiro atoms. The van der Waals surface area contributed by atoms with Gasteiger partial charge in [0.1, 0.15) is 11.0 Å². The number of fused-ring (bicyclic) bond motifs is 1. The van der Waals surface area contributed by atoms with Crippen molar-refractivity contribution in [1.29, 1.82) is 0 Å². The first-order valence-corrected chi connectivity index (χ1v) is 3.86. The third-order valence-corrected chi connectivity index (χ3v) is 2.08. The van der Waals surface area contributed by atoms with E-state index >= 15 is 0 Å². The molecule has 0 bridgehead atoms. The highest BCUT2D eigenvalue weighted by Crippen LogP contribution is 2.22. The quantitative estimate of drug-likeness (QED) is 0.670. The van der Waals surface area contributed by atoms with Crippen LogP contribution in [0.4, 0.5) is 4.39 Å². The third kappa shape index (κ3) is 0.975. The highest BCUT2D eigenvalue weighted by Gasteiger charge is 2.05. The summed E-state index contributed by atoms with van der Waals surface area (Å²) in [6.45, 7) is 1.69. The maximum absolute atomic E-state index is 13.0. The Kier molecular flexibility index (Phi) is 1.54. The van der Waals surface area contributed by atoms with Gasteiger partial charge in [0.15, 0.2) is 0 Å². The molecule has 0 saturated heterocycles. The SMILES string of the molecule is Cc1cc2c(Cl)[nH]nc2cc1F. The molecule has 4 heteroatoms. The predicted molar refractivity (Wildman–Crippen MR) is 45.8 cm³/mol. The van der Waals surface area contributed by atoms with Crippen LogP contribution in [0.3, 0.4) is 0 Å². The van der Waals surface area contributed by atoms with E-state index in [0.717, 1.165) is 5.39 Å². The molecule has 0 aliphatic rings. The maximum Gasteiger partial charge on any atom is 0.132 e. The number of aromatic nitrogens is 2. The van der Waals surface area contributed by atoms with Crippen LogP contribution in [0.15, 0.2) is 12.1 Å². The normalized spacial score (nSPS) is 10.9. The molecule has 0 unspecified atom stereocenters. The zero-order chi connectivity index (χ0) is 8.72. The Morgan fingerprint density at radius 3 is 3.00 bits per heavy atom. The molecule has 0 radical (unpaired) electrons. The summed E-state index contributed by atoms with van der Waals surface area (Å²) in [6.07, 6.45) is 0. The van der Waals surface area contributed by atoms with E-state index in [1.54, 1.807) is 13.0 Å². The van der Waals surface area contributed by atoms with Gasteiger partial charge in [0.2, 0.25) is 0 Å². The van der Waals surface area contributed by atoms with Gasteiger partial charge in [-0.15, -0.1) is 0 Å². The van der Waals surface area contributed by atoms with Crippen LogP contribution >= 0.6 is 11.6 Å². The average molecular weight is 185 g/mol. The predicted octanol–water partition coefficient (Wildman–Crippen LogP) is 2.66. The number of benzene rings is 1. The molecular weight excluding hydrogens is 179 g/mol. The van der Waals surface area contributed by atoms with Crippen molar-refractivity contribution in [2.24, 2.45) is 0 Å². The van der Waals surface area contributed by atoms with Crippen molar-refractivity contribution in [2.75, 3.05) is 0 Å². The fourth-order valence-electron chi connectivity index (χ4n) is 1.11. The molecular formula is C8H6ClFN2. The fraction of sp³-hybridized carbons (Fsp3) is 0.125. The lowest BCUT2D eigenvalue weighted by atomic mass is 10.2. The lowest BCUT2D eigenvalue weighted by Crippen LogP contribution is -1.80. The van der Waals surface area contributed by atoms with Crippen molar-refractivity contribution in [3.05, 3.63) is 28.7 Å². The number of aryl methyl sites for hydroxylation is 1. The van der Waals surface area contributed by atoms with Crippen LogP contribution in [0.5, 0.6) is 0 Å². The minimum Gasteiger partial charge on any atom is -0.266 e. The van der Waals surface area contributed by atoms with Gasteiger partial charge in [-0.05, 0) is 18.6 Å². The number of H-pyrrole nitrogens is 1. The summed E-state index contributed by atoms with van der Waals surface area (Å²) in [5.41, 5.74) is 1.13. The van der Waals surface area contributed by atoms with E-state index < -0.39 is 0 Å². The van der Waals surface area contributed by atoms with Crippen molar-refractivity contribution in [3.63, 3.8) is 0 Å². The minimum atomic E-state index is -0.259. The molecule has 0 amide bonds. The van der Waals surface area contributed by atoms with Gasteiger partial charge in [0.25, 0.3) is 0 Å². The van der Waals surface area contributed by atoms with Gasteiger partial charge in [-0.3, -0.25) is 5.10 Å². The molecule has 1 aromatic carbocycles. The second kappa shape index (κ2) is 2.45. The molecule has 2 nitrogen and oxygen atoms in total. The summed E-state index contributed by atoms with van der Waals surface area (Å²) in [5, 5.41) is 7.61. The van der Waals surface area contributed by atoms with Crippen molar-refractivity contribution >= 4 is 22.5 Å². The summed E-state index contributed by atoms with van der Waals surface area (Å²) in [6, 6.07) is 3.05. The van der Waals surface area contributed by atoms with Gasteiger partial charge in [-0.25, -0.2) is 4.39 Å². The number of hydrogen-bond donors (Lipinski definition) is 1. The number of rotatable bonds is 0. The molecule has 12 heavy (non-hydrogen) atoms. The highest BCUT2D eigenvalue weighted by molar-refractivity contribution is 6.34. The fourth-order valence-corrected chi connectivity index (χ4v) is 1.30. The number of nitrogens with one attached hydrogen (secondary N) is 1.